The van der Waals surface area contributed by atoms with E-state index < -0.39 is 9.84 Å². The molecular weight excluding hydrogens is 234 g/mol. The minimum Gasteiger partial charge on any atom is -0.397 e. The van der Waals surface area contributed by atoms with Gasteiger partial charge >= 0.3 is 0 Å². The van der Waals surface area contributed by atoms with E-state index in [9.17, 15) is 8.42 Å². The zero-order valence-corrected chi connectivity index (χ0v) is 10.1. The summed E-state index contributed by atoms with van der Waals surface area (Å²) in [6, 6.07) is 4.41. The third kappa shape index (κ3) is 3.11. The molecule has 1 aromatic rings. The molecule has 5 heteroatoms. The maximum atomic E-state index is 11.8. The van der Waals surface area contributed by atoms with Gasteiger partial charge in [-0.2, -0.15) is 0 Å². The van der Waals surface area contributed by atoms with E-state index in [4.69, 9.17) is 17.3 Å². The Hall–Kier alpha value is -0.740. The van der Waals surface area contributed by atoms with Crippen molar-refractivity contribution in [3.05, 3.63) is 23.2 Å². The van der Waals surface area contributed by atoms with Gasteiger partial charge in [0.25, 0.3) is 0 Å². The third-order valence-corrected chi connectivity index (χ3v) is 4.24. The number of anilines is 1. The number of nitrogen functional groups attached to an aromatic ring is 1. The molecule has 0 aliphatic rings. The van der Waals surface area contributed by atoms with Gasteiger partial charge < -0.3 is 5.73 Å². The van der Waals surface area contributed by atoms with E-state index in [-0.39, 0.29) is 10.6 Å². The van der Waals surface area contributed by atoms with Gasteiger partial charge in [0.05, 0.1) is 21.4 Å². The van der Waals surface area contributed by atoms with Crippen molar-refractivity contribution in [3.8, 4) is 0 Å². The molecule has 2 N–H and O–H groups in total. The number of rotatable bonds is 4. The van der Waals surface area contributed by atoms with Gasteiger partial charge in [-0.25, -0.2) is 8.42 Å². The first-order valence-electron chi connectivity index (χ1n) is 4.75. The zero-order valence-electron chi connectivity index (χ0n) is 8.53. The summed E-state index contributed by atoms with van der Waals surface area (Å²) >= 11 is 5.72. The van der Waals surface area contributed by atoms with Gasteiger partial charge in [-0.1, -0.05) is 24.9 Å². The molecule has 0 saturated heterocycles. The summed E-state index contributed by atoms with van der Waals surface area (Å²) in [5.41, 5.74) is 5.85. The molecule has 0 fully saturated rings. The van der Waals surface area contributed by atoms with Crippen molar-refractivity contribution in [1.82, 2.24) is 0 Å². The SMILES string of the molecule is CCCCS(=O)(=O)c1ccc(Cl)c(N)c1. The molecule has 84 valence electrons. The summed E-state index contributed by atoms with van der Waals surface area (Å²) in [5.74, 6) is 0.157. The summed E-state index contributed by atoms with van der Waals surface area (Å²) in [5, 5.41) is 0.379. The maximum absolute atomic E-state index is 11.8. The first-order chi connectivity index (χ1) is 6.97. The van der Waals surface area contributed by atoms with E-state index in [0.29, 0.717) is 17.1 Å². The number of unbranched alkanes of at least 4 members (excludes halogenated alkanes) is 1. The molecule has 0 radical (unpaired) electrons. The third-order valence-electron chi connectivity index (χ3n) is 2.09. The Labute approximate surface area is 95.2 Å². The van der Waals surface area contributed by atoms with E-state index in [1.165, 1.54) is 18.2 Å². The van der Waals surface area contributed by atoms with Crippen LogP contribution in [0.25, 0.3) is 0 Å². The number of benzene rings is 1. The van der Waals surface area contributed by atoms with Crippen molar-refractivity contribution in [3.63, 3.8) is 0 Å². The van der Waals surface area contributed by atoms with Gasteiger partial charge in [0.2, 0.25) is 0 Å². The van der Waals surface area contributed by atoms with Crippen molar-refractivity contribution in [1.29, 1.82) is 0 Å². The Bertz CT molecular complexity index is 443. The Balaban J connectivity index is 3.00. The van der Waals surface area contributed by atoms with E-state index in [1.807, 2.05) is 6.92 Å². The second kappa shape index (κ2) is 4.86. The first kappa shape index (κ1) is 12.3. The average molecular weight is 248 g/mol. The number of hydrogen-bond acceptors (Lipinski definition) is 3. The molecule has 0 atom stereocenters. The Kier molecular flexibility index (Phi) is 3.99. The standard InChI is InChI=1S/C10H14ClNO2S/c1-2-3-6-15(13,14)8-4-5-9(11)10(12)7-8/h4-5,7H,2-3,6,12H2,1H3. The maximum Gasteiger partial charge on any atom is 0.178 e. The lowest BCUT2D eigenvalue weighted by molar-refractivity contribution is 0.592. The summed E-state index contributed by atoms with van der Waals surface area (Å²) in [4.78, 5) is 0.248. The topological polar surface area (TPSA) is 60.2 Å². The molecule has 0 aliphatic heterocycles. The molecule has 3 nitrogen and oxygen atoms in total. The van der Waals surface area contributed by atoms with Crippen LogP contribution >= 0.6 is 11.6 Å². The normalized spacial score (nSPS) is 11.6. The van der Waals surface area contributed by atoms with Crippen LogP contribution < -0.4 is 5.73 Å². The quantitative estimate of drug-likeness (QED) is 0.832. The molecule has 1 rings (SSSR count). The predicted molar refractivity (Wildman–Crippen MR) is 62.8 cm³/mol. The molecule has 1 aromatic carbocycles. The van der Waals surface area contributed by atoms with Crippen LogP contribution in [0.15, 0.2) is 23.1 Å². The summed E-state index contributed by atoms with van der Waals surface area (Å²) < 4.78 is 23.5. The van der Waals surface area contributed by atoms with Crippen molar-refractivity contribution >= 4 is 27.1 Å². The number of halogens is 1. The van der Waals surface area contributed by atoms with Crippen LogP contribution in [0.1, 0.15) is 19.8 Å². The largest absolute Gasteiger partial charge is 0.397 e. The van der Waals surface area contributed by atoms with Gasteiger partial charge in [-0.15, -0.1) is 0 Å². The van der Waals surface area contributed by atoms with Gasteiger partial charge in [-0.3, -0.25) is 0 Å². The lowest BCUT2D eigenvalue weighted by atomic mass is 10.3. The lowest BCUT2D eigenvalue weighted by Gasteiger charge is -2.05. The molecular formula is C10H14ClNO2S. The molecule has 0 spiro atoms. The number of hydrogen-bond donors (Lipinski definition) is 1. The molecule has 0 bridgehead atoms. The van der Waals surface area contributed by atoms with Gasteiger partial charge in [0.1, 0.15) is 0 Å². The molecule has 0 aliphatic carbocycles. The first-order valence-corrected chi connectivity index (χ1v) is 6.78. The highest BCUT2D eigenvalue weighted by atomic mass is 35.5. The van der Waals surface area contributed by atoms with Crippen LogP contribution in [0.4, 0.5) is 5.69 Å². The smallest absolute Gasteiger partial charge is 0.178 e. The second-order valence-corrected chi connectivity index (χ2v) is 5.87. The minimum atomic E-state index is -3.20. The van der Waals surface area contributed by atoms with Crippen LogP contribution in [0, 0.1) is 0 Å². The fourth-order valence-corrected chi connectivity index (χ4v) is 2.77. The van der Waals surface area contributed by atoms with Crippen molar-refractivity contribution in [2.75, 3.05) is 11.5 Å². The van der Waals surface area contributed by atoms with Gasteiger partial charge in [0.15, 0.2) is 9.84 Å². The second-order valence-electron chi connectivity index (χ2n) is 3.36. The minimum absolute atomic E-state index is 0.157. The average Bonchev–Trinajstić information content (AvgIpc) is 2.19. The zero-order chi connectivity index (χ0) is 11.5. The predicted octanol–water partition coefficient (Wildman–Crippen LogP) is 2.50. The molecule has 0 amide bonds. The monoisotopic (exact) mass is 247 g/mol. The molecule has 0 unspecified atom stereocenters. The van der Waals surface area contributed by atoms with Crippen molar-refractivity contribution in [2.45, 2.75) is 24.7 Å². The van der Waals surface area contributed by atoms with Gasteiger partial charge in [0, 0.05) is 0 Å². The fourth-order valence-electron chi connectivity index (χ4n) is 1.17. The van der Waals surface area contributed by atoms with E-state index in [2.05, 4.69) is 0 Å². The van der Waals surface area contributed by atoms with Crippen LogP contribution in [-0.4, -0.2) is 14.2 Å². The molecule has 15 heavy (non-hydrogen) atoms. The molecule has 0 aromatic heterocycles. The van der Waals surface area contributed by atoms with E-state index >= 15 is 0 Å². The highest BCUT2D eigenvalue weighted by molar-refractivity contribution is 7.91. The van der Waals surface area contributed by atoms with Crippen LogP contribution in [0.2, 0.25) is 5.02 Å². The van der Waals surface area contributed by atoms with Gasteiger partial charge in [-0.05, 0) is 24.6 Å². The molecule has 0 saturated carbocycles. The van der Waals surface area contributed by atoms with Crippen LogP contribution in [0.5, 0.6) is 0 Å². The van der Waals surface area contributed by atoms with E-state index in [1.54, 1.807) is 0 Å². The lowest BCUT2D eigenvalue weighted by Crippen LogP contribution is -2.07. The summed E-state index contributed by atoms with van der Waals surface area (Å²) in [6.07, 6.45) is 1.51. The Morgan fingerprint density at radius 1 is 1.40 bits per heavy atom. The van der Waals surface area contributed by atoms with Crippen molar-refractivity contribution < 1.29 is 8.42 Å². The number of nitrogens with two attached hydrogens (primary N) is 1. The summed E-state index contributed by atoms with van der Waals surface area (Å²) in [6.45, 7) is 1.95. The Morgan fingerprint density at radius 2 is 2.07 bits per heavy atom. The highest BCUT2D eigenvalue weighted by Gasteiger charge is 2.14. The Morgan fingerprint density at radius 3 is 2.60 bits per heavy atom. The van der Waals surface area contributed by atoms with Crippen LogP contribution in [0.3, 0.4) is 0 Å². The number of sulfone groups is 1. The summed E-state index contributed by atoms with van der Waals surface area (Å²) in [7, 11) is -3.20. The molecule has 0 heterocycles. The van der Waals surface area contributed by atoms with E-state index in [0.717, 1.165) is 6.42 Å². The van der Waals surface area contributed by atoms with Crippen LogP contribution in [-0.2, 0) is 9.84 Å². The fraction of sp³-hybridized carbons (Fsp3) is 0.400. The van der Waals surface area contributed by atoms with Crippen molar-refractivity contribution in [2.24, 2.45) is 0 Å². The highest BCUT2D eigenvalue weighted by Crippen LogP contribution is 2.23.